The summed E-state index contributed by atoms with van der Waals surface area (Å²) >= 11 is 6.00. The summed E-state index contributed by atoms with van der Waals surface area (Å²) in [6, 6.07) is 5.03. The van der Waals surface area contributed by atoms with Crippen LogP contribution in [0, 0.1) is 5.82 Å². The molecule has 1 aliphatic heterocycles. The van der Waals surface area contributed by atoms with Gasteiger partial charge in [-0.15, -0.1) is 0 Å². The van der Waals surface area contributed by atoms with Crippen LogP contribution < -0.4 is 9.47 Å². The van der Waals surface area contributed by atoms with Crippen LogP contribution in [-0.2, 0) is 10.0 Å². The van der Waals surface area contributed by atoms with E-state index in [1.54, 1.807) is 12.3 Å². The molecule has 2 heterocycles. The third-order valence-corrected chi connectivity index (χ3v) is 6.05. The molecule has 0 saturated carbocycles. The van der Waals surface area contributed by atoms with E-state index in [0.29, 0.717) is 17.2 Å². The molecule has 0 spiro atoms. The molecular formula is C16H16ClFN2O4S. The van der Waals surface area contributed by atoms with Crippen LogP contribution in [0.5, 0.6) is 11.5 Å². The van der Waals surface area contributed by atoms with Gasteiger partial charge in [0.05, 0.1) is 13.7 Å². The highest BCUT2D eigenvalue weighted by atomic mass is 35.5. The van der Waals surface area contributed by atoms with Crippen molar-refractivity contribution in [2.45, 2.75) is 17.4 Å². The monoisotopic (exact) mass is 386 g/mol. The molecule has 3 rings (SSSR count). The van der Waals surface area contributed by atoms with Crippen molar-refractivity contribution in [3.05, 3.63) is 47.5 Å². The van der Waals surface area contributed by atoms with E-state index in [0.717, 1.165) is 12.1 Å². The summed E-state index contributed by atoms with van der Waals surface area (Å²) < 4.78 is 51.2. The highest BCUT2D eigenvalue weighted by molar-refractivity contribution is 7.89. The Bertz CT molecular complexity index is 878. The molecule has 25 heavy (non-hydrogen) atoms. The number of hydrogen-bond acceptors (Lipinski definition) is 5. The van der Waals surface area contributed by atoms with Crippen LogP contribution in [0.15, 0.2) is 41.6 Å². The standard InChI is InChI=1S/C16H16ClFN2O4S/c1-23-15-3-2-11(18)8-16(15)25(21,22)20-7-5-12(10-20)24-14-4-6-19-9-13(14)17/h2-4,6,8-9,12H,5,7,10H2,1H3/t12-/m0/s1. The lowest BCUT2D eigenvalue weighted by molar-refractivity contribution is 0.215. The number of aromatic nitrogens is 1. The second-order valence-corrected chi connectivity index (χ2v) is 7.81. The maximum Gasteiger partial charge on any atom is 0.246 e. The number of halogens is 2. The molecule has 1 atom stereocenters. The zero-order valence-corrected chi connectivity index (χ0v) is 14.9. The fourth-order valence-corrected chi connectivity index (χ4v) is 4.46. The number of methoxy groups -OCH3 is 1. The SMILES string of the molecule is COc1ccc(F)cc1S(=O)(=O)N1CC[C@H](Oc2ccncc2Cl)C1. The van der Waals surface area contributed by atoms with Crippen LogP contribution in [0.4, 0.5) is 4.39 Å². The van der Waals surface area contributed by atoms with Gasteiger partial charge >= 0.3 is 0 Å². The van der Waals surface area contributed by atoms with Crippen molar-refractivity contribution in [1.82, 2.24) is 9.29 Å². The van der Waals surface area contributed by atoms with Crippen molar-refractivity contribution in [2.75, 3.05) is 20.2 Å². The van der Waals surface area contributed by atoms with Gasteiger partial charge in [0.2, 0.25) is 10.0 Å². The van der Waals surface area contributed by atoms with E-state index in [1.165, 1.54) is 23.7 Å². The van der Waals surface area contributed by atoms with Gasteiger partial charge in [0, 0.05) is 25.0 Å². The number of nitrogens with zero attached hydrogens (tertiary/aromatic N) is 2. The van der Waals surface area contributed by atoms with Gasteiger partial charge in [-0.3, -0.25) is 4.98 Å². The number of hydrogen-bond donors (Lipinski definition) is 0. The van der Waals surface area contributed by atoms with Gasteiger partial charge in [-0.05, 0) is 24.6 Å². The molecule has 1 aliphatic rings. The predicted octanol–water partition coefficient (Wildman–Crippen LogP) is 2.72. The first kappa shape index (κ1) is 17.9. The van der Waals surface area contributed by atoms with Crippen molar-refractivity contribution in [2.24, 2.45) is 0 Å². The third kappa shape index (κ3) is 3.70. The van der Waals surface area contributed by atoms with Crippen molar-refractivity contribution in [3.63, 3.8) is 0 Å². The van der Waals surface area contributed by atoms with Crippen LogP contribution in [0.3, 0.4) is 0 Å². The van der Waals surface area contributed by atoms with Gasteiger partial charge in [0.1, 0.15) is 33.3 Å². The first-order valence-electron chi connectivity index (χ1n) is 7.51. The topological polar surface area (TPSA) is 68.7 Å². The molecule has 0 aliphatic carbocycles. The quantitative estimate of drug-likeness (QED) is 0.790. The molecule has 0 radical (unpaired) electrons. The molecule has 0 unspecified atom stereocenters. The Hall–Kier alpha value is -1.90. The van der Waals surface area contributed by atoms with E-state index in [4.69, 9.17) is 21.1 Å². The van der Waals surface area contributed by atoms with Crippen LogP contribution in [0.2, 0.25) is 5.02 Å². The Kier molecular flexibility index (Phi) is 5.12. The van der Waals surface area contributed by atoms with Crippen LogP contribution in [0.25, 0.3) is 0 Å². The molecular weight excluding hydrogens is 371 g/mol. The van der Waals surface area contributed by atoms with Crippen LogP contribution >= 0.6 is 11.6 Å². The molecule has 1 aromatic carbocycles. The largest absolute Gasteiger partial charge is 0.495 e. The Morgan fingerprint density at radius 1 is 1.32 bits per heavy atom. The van der Waals surface area contributed by atoms with Crippen LogP contribution in [0.1, 0.15) is 6.42 Å². The molecule has 0 amide bonds. The molecule has 1 saturated heterocycles. The molecule has 0 bridgehead atoms. The number of benzene rings is 1. The van der Waals surface area contributed by atoms with Gasteiger partial charge in [-0.1, -0.05) is 11.6 Å². The number of ether oxygens (including phenoxy) is 2. The summed E-state index contributed by atoms with van der Waals surface area (Å²) in [6.07, 6.45) is 3.14. The molecule has 9 heteroatoms. The molecule has 1 fully saturated rings. The molecule has 2 aromatic rings. The summed E-state index contributed by atoms with van der Waals surface area (Å²) in [5, 5.41) is 0.357. The Balaban J connectivity index is 1.79. The van der Waals surface area contributed by atoms with Crippen molar-refractivity contribution < 1.29 is 22.3 Å². The average Bonchev–Trinajstić information content (AvgIpc) is 3.06. The highest BCUT2D eigenvalue weighted by Gasteiger charge is 2.35. The minimum Gasteiger partial charge on any atom is -0.495 e. The van der Waals surface area contributed by atoms with Gasteiger partial charge in [-0.2, -0.15) is 4.31 Å². The van der Waals surface area contributed by atoms with Gasteiger partial charge < -0.3 is 9.47 Å². The van der Waals surface area contributed by atoms with Gasteiger partial charge in [0.25, 0.3) is 0 Å². The zero-order chi connectivity index (χ0) is 18.0. The van der Waals surface area contributed by atoms with E-state index >= 15 is 0 Å². The van der Waals surface area contributed by atoms with Crippen LogP contribution in [-0.4, -0.2) is 44.0 Å². The predicted molar refractivity (Wildman–Crippen MR) is 90.0 cm³/mol. The molecule has 134 valence electrons. The number of pyridine rings is 1. The lowest BCUT2D eigenvalue weighted by atomic mass is 10.3. The van der Waals surface area contributed by atoms with E-state index in [-0.39, 0.29) is 29.8 Å². The second-order valence-electron chi connectivity index (χ2n) is 5.49. The Morgan fingerprint density at radius 2 is 2.12 bits per heavy atom. The Labute approximate surface area is 150 Å². The van der Waals surface area contributed by atoms with Crippen molar-refractivity contribution in [1.29, 1.82) is 0 Å². The van der Waals surface area contributed by atoms with Gasteiger partial charge in [-0.25, -0.2) is 12.8 Å². The van der Waals surface area contributed by atoms with E-state index in [9.17, 15) is 12.8 Å². The first-order chi connectivity index (χ1) is 11.9. The number of rotatable bonds is 5. The summed E-state index contributed by atoms with van der Waals surface area (Å²) in [5.41, 5.74) is 0. The van der Waals surface area contributed by atoms with Crippen molar-refractivity contribution in [3.8, 4) is 11.5 Å². The summed E-state index contributed by atoms with van der Waals surface area (Å²) in [7, 11) is -2.56. The molecule has 0 N–H and O–H groups in total. The van der Waals surface area contributed by atoms with E-state index < -0.39 is 15.8 Å². The first-order valence-corrected chi connectivity index (χ1v) is 9.33. The lowest BCUT2D eigenvalue weighted by Gasteiger charge is -2.19. The average molecular weight is 387 g/mol. The summed E-state index contributed by atoms with van der Waals surface area (Å²) in [6.45, 7) is 0.399. The third-order valence-electron chi connectivity index (χ3n) is 3.88. The highest BCUT2D eigenvalue weighted by Crippen LogP contribution is 2.31. The van der Waals surface area contributed by atoms with E-state index in [2.05, 4.69) is 4.98 Å². The minimum atomic E-state index is -3.90. The zero-order valence-electron chi connectivity index (χ0n) is 13.4. The smallest absolute Gasteiger partial charge is 0.246 e. The summed E-state index contributed by atoms with van der Waals surface area (Å²) in [4.78, 5) is 3.68. The van der Waals surface area contributed by atoms with E-state index in [1.807, 2.05) is 0 Å². The fraction of sp³-hybridized carbons (Fsp3) is 0.312. The fourth-order valence-electron chi connectivity index (χ4n) is 2.64. The summed E-state index contributed by atoms with van der Waals surface area (Å²) in [5.74, 6) is -0.0952. The maximum absolute atomic E-state index is 13.5. The molecule has 1 aromatic heterocycles. The normalized spacial score (nSPS) is 18.3. The Morgan fingerprint density at radius 3 is 2.84 bits per heavy atom. The second kappa shape index (κ2) is 7.15. The maximum atomic E-state index is 13.5. The van der Waals surface area contributed by atoms with Gasteiger partial charge in [0.15, 0.2) is 0 Å². The number of sulfonamides is 1. The minimum absolute atomic E-state index is 0.1000. The molecule has 6 nitrogen and oxygen atoms in total. The van der Waals surface area contributed by atoms with Crippen molar-refractivity contribution >= 4 is 21.6 Å². The lowest BCUT2D eigenvalue weighted by Crippen LogP contribution is -2.31.